The molecule has 0 spiro atoms. The number of fused-ring (bicyclic) bond motifs is 16. The number of hydrogen-bond acceptors (Lipinski definition) is 12. The Labute approximate surface area is 837 Å². The number of aromatic nitrogens is 4. The van der Waals surface area contributed by atoms with Crippen LogP contribution in [0.2, 0.25) is 0 Å². The van der Waals surface area contributed by atoms with E-state index in [0.29, 0.717) is 29.1 Å². The third-order valence-corrected chi connectivity index (χ3v) is 31.0. The van der Waals surface area contributed by atoms with Gasteiger partial charge in [0.25, 0.3) is 42.3 Å². The first-order chi connectivity index (χ1) is 68.5. The lowest BCUT2D eigenvalue weighted by Crippen LogP contribution is -2.39. The molecule has 2 N–H and O–H groups in total. The van der Waals surface area contributed by atoms with Crippen molar-refractivity contribution >= 4 is 155 Å². The highest BCUT2D eigenvalue weighted by atomic mass is 32.2. The molecule has 20 rings (SSSR count). The molecule has 0 amide bonds. The van der Waals surface area contributed by atoms with Gasteiger partial charge in [-0.05, 0) is 195 Å². The molecule has 12 aromatic carbocycles. The predicted molar refractivity (Wildman–Crippen MR) is 585 cm³/mol. The van der Waals surface area contributed by atoms with Crippen LogP contribution in [-0.2, 0) is 68.6 Å². The summed E-state index contributed by atoms with van der Waals surface area (Å²) < 4.78 is 101. The van der Waals surface area contributed by atoms with Gasteiger partial charge in [0.2, 0.25) is 22.3 Å². The monoisotopic (exact) mass is 1940 g/mol. The number of benzene rings is 12. The molecule has 0 fully saturated rings. The Morgan fingerprint density at radius 1 is 0.352 bits per heavy atom. The zero-order valence-corrected chi connectivity index (χ0v) is 86.1. The molecule has 0 saturated heterocycles. The topological polar surface area (TPSA) is 190 Å². The first-order valence-electron chi connectivity index (χ1n) is 50.5. The summed E-state index contributed by atoms with van der Waals surface area (Å²) in [5.41, 5.74) is 23.2. The number of anilines is 4. The Kier molecular flexibility index (Phi) is 29.6. The molecular weight excluding hydrogens is 1800 g/mol. The number of allylic oxidation sites excluding steroid dienone is 8. The highest BCUT2D eigenvalue weighted by Gasteiger charge is 2.50. The summed E-state index contributed by atoms with van der Waals surface area (Å²) >= 11 is 0. The highest BCUT2D eigenvalue weighted by molar-refractivity contribution is 7.86. The van der Waals surface area contributed by atoms with Gasteiger partial charge >= 0.3 is 23.6 Å². The van der Waals surface area contributed by atoms with Crippen molar-refractivity contribution in [2.45, 2.75) is 200 Å². The van der Waals surface area contributed by atoms with E-state index >= 15 is 0 Å². The van der Waals surface area contributed by atoms with Crippen LogP contribution in [-0.4, -0.2) is 64.1 Å². The molecule has 20 heteroatoms. The molecule has 4 aliphatic heterocycles. The fourth-order valence-electron chi connectivity index (χ4n) is 22.5. The fourth-order valence-corrected chi connectivity index (χ4v) is 23.4. The average Bonchev–Trinajstić information content (AvgIpc) is 1.56. The molecule has 0 radical (unpaired) electrons. The third kappa shape index (κ3) is 19.4. The molecule has 16 aromatic rings. The zero-order chi connectivity index (χ0) is 100. The van der Waals surface area contributed by atoms with Crippen molar-refractivity contribution in [1.29, 1.82) is 0 Å². The summed E-state index contributed by atoms with van der Waals surface area (Å²) in [5.74, 6) is 2.02. The van der Waals surface area contributed by atoms with Crippen LogP contribution in [0.15, 0.2) is 322 Å². The number of nitrogens with zero attached hydrogens (tertiary/aromatic N) is 8. The second-order valence-corrected chi connectivity index (χ2v) is 42.7. The van der Waals surface area contributed by atoms with Gasteiger partial charge < -0.3 is 37.3 Å². The summed E-state index contributed by atoms with van der Waals surface area (Å²) in [7, 11) is -4.41. The molecule has 4 aliphatic rings. The van der Waals surface area contributed by atoms with Crippen molar-refractivity contribution in [3.8, 4) is 0 Å². The van der Waals surface area contributed by atoms with Gasteiger partial charge in [-0.1, -0.05) is 247 Å². The largest absolute Gasteiger partial charge is 0.398 e. The molecule has 732 valence electrons. The molecule has 142 heavy (non-hydrogen) atoms. The fraction of sp³-hybridized carbons (Fsp3) is 0.311. The standard InChI is InChI=1S/C40H47N2O.C32H30N2O7S2.C28H35N2O.C22H23N2O/c1-5-8-10-16-27-41-34-24-22-30-18-12-14-20-32(30)38(34)40(4,26-7-3)36(41)29-37-42(28-17-11-9-6-2)35-25-23-31-19-13-15-21-33(31)39(35)43-37;1-3-16-32(2)28(33(17-19-42(35,36)37)26-14-12-22-8-4-6-10-24(22)30(26)32)21-29-34(18-20-43(38,39)40)27-15-13-23-9-5-7-11-25(23)31(27)41-29;1-7-14-28(6)22-17-20(4)10-12-23(22)29(15-8-2)26(28)19-27-30(16-9-3)24-13-11-21(5)18-25(24)31-27;1-5-14-22(2)16-10-6-7-11-17(16)23(3)20(22)15-21-24(4)18-12-8-9-13-19(18)25-21/h7,12-15,18-25,29H,3,5-6,8-11,16-17,26-28H2,1-2,4H3;3-15,21H,1,16-20H2,2H3,(H-,35,36,37,38,39,40);7,10-13,17-19H,1,8-9,14-16H2,2-6H3;5-13,15H,1,14H2,2-4H3/q+1;;2*+1/p+1. The number of unbranched alkanes of at least 4 members (excludes halogenated alkanes) is 6. The molecule has 18 nitrogen and oxygen atoms in total. The molecular formula is C122H136N8O10S2+4. The number of oxazole rings is 4. The minimum atomic E-state index is -4.29. The van der Waals surface area contributed by atoms with Gasteiger partial charge in [-0.2, -0.15) is 35.1 Å². The van der Waals surface area contributed by atoms with Crippen LogP contribution in [0.25, 0.3) is 112 Å². The summed E-state index contributed by atoms with van der Waals surface area (Å²) in [6.07, 6.45) is 31.7. The van der Waals surface area contributed by atoms with E-state index in [1.54, 1.807) is 10.6 Å². The Morgan fingerprint density at radius 2 is 0.775 bits per heavy atom. The van der Waals surface area contributed by atoms with Gasteiger partial charge in [-0.25, -0.2) is 0 Å². The van der Waals surface area contributed by atoms with E-state index < -0.39 is 37.2 Å². The molecule has 4 aromatic heterocycles. The minimum absolute atomic E-state index is 0.0308. The number of hydrogen-bond donors (Lipinski definition) is 2. The lowest BCUT2D eigenvalue weighted by molar-refractivity contribution is -0.678. The van der Waals surface area contributed by atoms with E-state index in [1.165, 1.54) is 134 Å². The van der Waals surface area contributed by atoms with Crippen LogP contribution in [0.5, 0.6) is 0 Å². The molecule has 4 atom stereocenters. The Morgan fingerprint density at radius 3 is 1.32 bits per heavy atom. The van der Waals surface area contributed by atoms with Crippen LogP contribution in [0.4, 0.5) is 22.7 Å². The maximum atomic E-state index is 11.9. The third-order valence-electron chi connectivity index (χ3n) is 29.6. The second-order valence-electron chi connectivity index (χ2n) is 39.5. The maximum absolute atomic E-state index is 11.9. The molecule has 0 bridgehead atoms. The van der Waals surface area contributed by atoms with E-state index in [9.17, 15) is 25.9 Å². The summed E-state index contributed by atoms with van der Waals surface area (Å²) in [4.78, 5) is 9.24. The first kappa shape index (κ1) is 100. The van der Waals surface area contributed by atoms with Crippen molar-refractivity contribution in [3.05, 3.63) is 361 Å². The van der Waals surface area contributed by atoms with E-state index in [0.717, 1.165) is 143 Å². The van der Waals surface area contributed by atoms with Crippen molar-refractivity contribution in [1.82, 2.24) is 0 Å². The van der Waals surface area contributed by atoms with Crippen LogP contribution in [0, 0.1) is 13.8 Å². The Balaban J connectivity index is 0.000000133. The molecule has 0 saturated carbocycles. The molecule has 0 aliphatic carbocycles. The van der Waals surface area contributed by atoms with Gasteiger partial charge in [0.15, 0.2) is 19.6 Å². The first-order valence-corrected chi connectivity index (χ1v) is 53.7. The van der Waals surface area contributed by atoms with Gasteiger partial charge in [0, 0.05) is 142 Å². The Hall–Kier alpha value is -13.5. The van der Waals surface area contributed by atoms with Gasteiger partial charge in [-0.3, -0.25) is 9.11 Å². The average molecular weight is 1940 g/mol. The quantitative estimate of drug-likeness (QED) is 0.0175. The summed E-state index contributed by atoms with van der Waals surface area (Å²) in [6, 6.07) is 80.0. The molecule has 4 unspecified atom stereocenters. The van der Waals surface area contributed by atoms with Crippen LogP contribution >= 0.6 is 0 Å². The smallest absolute Gasteiger partial charge is 0.375 e. The Bertz CT molecular complexity index is 7900. The highest BCUT2D eigenvalue weighted by Crippen LogP contribution is 2.57. The van der Waals surface area contributed by atoms with Gasteiger partial charge in [0.1, 0.15) is 12.8 Å². The number of likely N-dealkylation sites (N-methyl/N-ethyl adjacent to an activating group) is 1. The SMILES string of the molecule is C=CCC1(C)C(=Cc2oc3c4ccccc4ccc3[n+]2CCCCCC)N(CCCCCC)c2ccc3ccccc3c21.C=CCC1(C)C(=Cc2oc3c4ccccc4ccc3[n+]2CCS(=O)(=O)O)N(CCS(=O)(=O)O)c2ccc3ccccc3c21.C=CCC1(C)C(=Cc2oc3cc(C)ccc3[n+]2CCC)N(CCC)c2ccc(C)cc21.C=CCC1(C)C(=Cc2oc3ccccc3[n+]2C)N(C)c2ccccc21. The van der Waals surface area contributed by atoms with E-state index in [-0.39, 0.29) is 29.3 Å². The molecule has 8 heterocycles. The van der Waals surface area contributed by atoms with Gasteiger partial charge in [-0.15, -0.1) is 26.3 Å². The number of aryl methyl sites for hydroxylation is 6. The van der Waals surface area contributed by atoms with Crippen molar-refractivity contribution in [3.63, 3.8) is 0 Å². The normalized spacial score (nSPS) is 18.7. The van der Waals surface area contributed by atoms with Gasteiger partial charge in [0.05, 0.1) is 30.1 Å². The zero-order valence-electron chi connectivity index (χ0n) is 84.5. The van der Waals surface area contributed by atoms with E-state index in [4.69, 9.17) is 17.7 Å². The lowest BCUT2D eigenvalue weighted by atomic mass is 9.76. The lowest BCUT2D eigenvalue weighted by Gasteiger charge is -2.29. The second kappa shape index (κ2) is 42.0. The van der Waals surface area contributed by atoms with Crippen molar-refractivity contribution < 1.29 is 61.9 Å². The van der Waals surface area contributed by atoms with Crippen molar-refractivity contribution in [2.75, 3.05) is 57.8 Å². The summed E-state index contributed by atoms with van der Waals surface area (Å²) in [6.45, 7) is 42.5. The number of rotatable bonds is 32. The van der Waals surface area contributed by atoms with E-state index in [2.05, 4.69) is 301 Å². The van der Waals surface area contributed by atoms with Crippen LogP contribution in [0.3, 0.4) is 0 Å². The van der Waals surface area contributed by atoms with Crippen molar-refractivity contribution in [2.24, 2.45) is 7.05 Å². The van der Waals surface area contributed by atoms with E-state index in [1.807, 2.05) is 115 Å². The minimum Gasteiger partial charge on any atom is -0.398 e. The van der Waals surface area contributed by atoms with Crippen LogP contribution < -0.4 is 37.9 Å². The summed E-state index contributed by atoms with van der Waals surface area (Å²) in [5, 5.41) is 8.83. The number of para-hydroxylation sites is 3. The predicted octanol–water partition coefficient (Wildman–Crippen LogP) is 27.8. The van der Waals surface area contributed by atoms with Crippen LogP contribution in [0.1, 0.15) is 202 Å². The maximum Gasteiger partial charge on any atom is 0.375 e.